The summed E-state index contributed by atoms with van der Waals surface area (Å²) in [5.41, 5.74) is 0.630. The van der Waals surface area contributed by atoms with Crippen LogP contribution in [0.2, 0.25) is 0 Å². The van der Waals surface area contributed by atoms with E-state index in [1.54, 1.807) is 17.2 Å². The molecule has 2 aliphatic rings. The third kappa shape index (κ3) is 4.04. The summed E-state index contributed by atoms with van der Waals surface area (Å²) in [6, 6.07) is 11.4. The third-order valence-electron chi connectivity index (χ3n) is 5.57. The van der Waals surface area contributed by atoms with Gasteiger partial charge in [-0.2, -0.15) is 13.2 Å². The molecule has 0 N–H and O–H groups in total. The molecule has 1 amide bonds. The van der Waals surface area contributed by atoms with Crippen LogP contribution in [0.3, 0.4) is 0 Å². The van der Waals surface area contributed by atoms with Crippen molar-refractivity contribution in [3.05, 3.63) is 65.5 Å². The summed E-state index contributed by atoms with van der Waals surface area (Å²) >= 11 is 0. The van der Waals surface area contributed by atoms with E-state index in [1.807, 2.05) is 18.2 Å². The Morgan fingerprint density at radius 3 is 2.43 bits per heavy atom. The van der Waals surface area contributed by atoms with Crippen LogP contribution < -0.4 is 0 Å². The van der Waals surface area contributed by atoms with Gasteiger partial charge in [0.1, 0.15) is 0 Å². The fraction of sp³-hybridized carbons (Fsp3) is 0.429. The highest BCUT2D eigenvalue weighted by atomic mass is 19.4. The van der Waals surface area contributed by atoms with Crippen LogP contribution in [0.15, 0.2) is 48.7 Å². The highest BCUT2D eigenvalue weighted by Crippen LogP contribution is 2.51. The molecule has 1 aliphatic heterocycles. The lowest BCUT2D eigenvalue weighted by Crippen LogP contribution is -2.48. The van der Waals surface area contributed by atoms with Gasteiger partial charge in [-0.15, -0.1) is 0 Å². The van der Waals surface area contributed by atoms with Gasteiger partial charge in [-0.25, -0.2) is 0 Å². The molecule has 2 atom stereocenters. The van der Waals surface area contributed by atoms with Crippen molar-refractivity contribution in [1.29, 1.82) is 0 Å². The molecule has 2 heterocycles. The van der Waals surface area contributed by atoms with E-state index in [4.69, 9.17) is 0 Å². The van der Waals surface area contributed by atoms with Gasteiger partial charge in [0.15, 0.2) is 0 Å². The third-order valence-corrected chi connectivity index (χ3v) is 5.57. The van der Waals surface area contributed by atoms with E-state index in [9.17, 15) is 18.0 Å². The first-order valence-corrected chi connectivity index (χ1v) is 9.50. The van der Waals surface area contributed by atoms with E-state index in [0.717, 1.165) is 31.4 Å². The Labute approximate surface area is 162 Å². The molecular formula is C21H22F3N3O. The first-order chi connectivity index (χ1) is 13.4. The minimum Gasteiger partial charge on any atom is -0.340 e. The first-order valence-electron chi connectivity index (χ1n) is 9.50. The van der Waals surface area contributed by atoms with Crippen LogP contribution in [0.25, 0.3) is 0 Å². The van der Waals surface area contributed by atoms with E-state index < -0.39 is 11.7 Å². The first kappa shape index (κ1) is 18.9. The molecule has 1 saturated heterocycles. The van der Waals surface area contributed by atoms with Gasteiger partial charge in [0, 0.05) is 44.8 Å². The van der Waals surface area contributed by atoms with Gasteiger partial charge in [0.2, 0.25) is 5.91 Å². The Hall–Kier alpha value is -2.41. The number of hydrogen-bond donors (Lipinski definition) is 0. The number of carbonyl (C=O) groups excluding carboxylic acids is 1. The zero-order chi connectivity index (χ0) is 19.7. The van der Waals surface area contributed by atoms with Crippen molar-refractivity contribution in [2.75, 3.05) is 26.2 Å². The van der Waals surface area contributed by atoms with Crippen LogP contribution in [-0.2, 0) is 17.5 Å². The molecule has 1 aliphatic carbocycles. The summed E-state index contributed by atoms with van der Waals surface area (Å²) in [5, 5.41) is 0. The molecule has 1 aromatic heterocycles. The molecule has 4 rings (SSSR count). The zero-order valence-electron chi connectivity index (χ0n) is 15.4. The molecule has 2 unspecified atom stereocenters. The number of halogens is 3. The Bertz CT molecular complexity index is 832. The van der Waals surface area contributed by atoms with Crippen LogP contribution in [0.1, 0.15) is 29.2 Å². The number of rotatable bonds is 4. The molecule has 0 bridgehead atoms. The lowest BCUT2D eigenvalue weighted by molar-refractivity contribution is -0.139. The quantitative estimate of drug-likeness (QED) is 0.803. The molecule has 28 heavy (non-hydrogen) atoms. The van der Waals surface area contributed by atoms with Crippen LogP contribution >= 0.6 is 0 Å². The number of alkyl halides is 3. The summed E-state index contributed by atoms with van der Waals surface area (Å²) in [6.45, 7) is 3.46. The minimum absolute atomic E-state index is 0.0144. The summed E-state index contributed by atoms with van der Waals surface area (Å²) in [6.07, 6.45) is -2.12. The second-order valence-electron chi connectivity index (χ2n) is 7.46. The Morgan fingerprint density at radius 2 is 1.75 bits per heavy atom. The van der Waals surface area contributed by atoms with E-state index >= 15 is 0 Å². The Kier molecular flexibility index (Phi) is 5.10. The number of amides is 1. The summed E-state index contributed by atoms with van der Waals surface area (Å²) in [4.78, 5) is 21.2. The molecule has 7 heteroatoms. The predicted octanol–water partition coefficient (Wildman–Crippen LogP) is 3.55. The van der Waals surface area contributed by atoms with Crippen LogP contribution in [0.5, 0.6) is 0 Å². The summed E-state index contributed by atoms with van der Waals surface area (Å²) in [7, 11) is 0. The van der Waals surface area contributed by atoms with Gasteiger partial charge in [-0.05, 0) is 36.1 Å². The lowest BCUT2D eigenvalue weighted by Gasteiger charge is -2.34. The van der Waals surface area contributed by atoms with Crippen molar-refractivity contribution in [1.82, 2.24) is 14.8 Å². The second-order valence-corrected chi connectivity index (χ2v) is 7.46. The highest BCUT2D eigenvalue weighted by Gasteiger charge is 2.49. The van der Waals surface area contributed by atoms with Gasteiger partial charge in [0.05, 0.1) is 11.3 Å². The van der Waals surface area contributed by atoms with E-state index in [1.165, 1.54) is 12.1 Å². The summed E-state index contributed by atoms with van der Waals surface area (Å²) in [5.74, 6) is -0.665. The number of hydrogen-bond acceptors (Lipinski definition) is 3. The topological polar surface area (TPSA) is 36.4 Å². The fourth-order valence-corrected chi connectivity index (χ4v) is 3.97. The Morgan fingerprint density at radius 1 is 1.04 bits per heavy atom. The molecule has 2 aromatic rings. The maximum absolute atomic E-state index is 13.2. The molecule has 1 aromatic carbocycles. The van der Waals surface area contributed by atoms with Crippen molar-refractivity contribution in [2.24, 2.45) is 5.92 Å². The second kappa shape index (κ2) is 7.54. The fourth-order valence-electron chi connectivity index (χ4n) is 3.97. The molecule has 0 spiro atoms. The van der Waals surface area contributed by atoms with Crippen LogP contribution in [0.4, 0.5) is 13.2 Å². The normalized spacial score (nSPS) is 22.9. The smallest absolute Gasteiger partial charge is 0.340 e. The lowest BCUT2D eigenvalue weighted by atomic mass is 10.0. The number of piperazine rings is 1. The monoisotopic (exact) mass is 389 g/mol. The van der Waals surface area contributed by atoms with Crippen molar-refractivity contribution in [3.8, 4) is 0 Å². The van der Waals surface area contributed by atoms with E-state index in [0.29, 0.717) is 19.5 Å². The van der Waals surface area contributed by atoms with Gasteiger partial charge < -0.3 is 4.90 Å². The van der Waals surface area contributed by atoms with E-state index in [2.05, 4.69) is 9.88 Å². The maximum Gasteiger partial charge on any atom is 0.416 e. The van der Waals surface area contributed by atoms with Crippen molar-refractivity contribution >= 4 is 5.91 Å². The average molecular weight is 389 g/mol. The Balaban J connectivity index is 1.34. The number of pyridine rings is 1. The molecule has 148 valence electrons. The molecule has 4 nitrogen and oxygen atoms in total. The van der Waals surface area contributed by atoms with Crippen molar-refractivity contribution < 1.29 is 18.0 Å². The number of benzene rings is 1. The zero-order valence-corrected chi connectivity index (χ0v) is 15.4. The minimum atomic E-state index is -4.39. The summed E-state index contributed by atoms with van der Waals surface area (Å²) < 4.78 is 39.7. The molecule has 2 fully saturated rings. The SMILES string of the molecule is O=C(C1CC1c1ccccc1C(F)(F)F)N1CCN(Cc2ccccn2)CC1. The highest BCUT2D eigenvalue weighted by molar-refractivity contribution is 5.83. The predicted molar refractivity (Wildman–Crippen MR) is 98.4 cm³/mol. The van der Waals surface area contributed by atoms with Gasteiger partial charge in [-0.1, -0.05) is 24.3 Å². The van der Waals surface area contributed by atoms with E-state index in [-0.39, 0.29) is 23.3 Å². The van der Waals surface area contributed by atoms with Crippen molar-refractivity contribution in [3.63, 3.8) is 0 Å². The van der Waals surface area contributed by atoms with Gasteiger partial charge in [-0.3, -0.25) is 14.7 Å². The number of nitrogens with zero attached hydrogens (tertiary/aromatic N) is 3. The average Bonchev–Trinajstić information content (AvgIpc) is 3.49. The maximum atomic E-state index is 13.2. The van der Waals surface area contributed by atoms with Crippen LogP contribution in [-0.4, -0.2) is 46.9 Å². The van der Waals surface area contributed by atoms with Crippen LogP contribution in [0, 0.1) is 5.92 Å². The van der Waals surface area contributed by atoms with Gasteiger partial charge >= 0.3 is 6.18 Å². The van der Waals surface area contributed by atoms with Crippen molar-refractivity contribution in [2.45, 2.75) is 25.1 Å². The van der Waals surface area contributed by atoms with Gasteiger partial charge in [0.25, 0.3) is 0 Å². The molecule has 0 radical (unpaired) electrons. The number of aromatic nitrogens is 1. The largest absolute Gasteiger partial charge is 0.416 e. The number of carbonyl (C=O) groups is 1. The standard InChI is InChI=1S/C21H22F3N3O/c22-21(23,24)19-7-2-1-6-16(19)17-13-18(17)20(28)27-11-9-26(10-12-27)14-15-5-3-4-8-25-15/h1-8,17-18H,9-14H2. The molecular weight excluding hydrogens is 367 g/mol. The molecule has 1 saturated carbocycles.